The molecule has 3 rings (SSSR count). The number of nitrogens with one attached hydrogen (secondary N) is 1. The third kappa shape index (κ3) is 4.75. The highest BCUT2D eigenvalue weighted by molar-refractivity contribution is 5.78. The van der Waals surface area contributed by atoms with Gasteiger partial charge in [0.15, 0.2) is 5.82 Å². The van der Waals surface area contributed by atoms with Crippen LogP contribution >= 0.6 is 0 Å². The van der Waals surface area contributed by atoms with E-state index in [4.69, 9.17) is 4.52 Å². The number of hydrogen-bond donors (Lipinski definition) is 1. The van der Waals surface area contributed by atoms with Gasteiger partial charge in [0.1, 0.15) is 0 Å². The standard InChI is InChI=1S/C16H27N5O2/c1-3-12(2)17-14(22)10-20-6-8-21(9-7-20)11-15-18-16(19-23-15)13-4-5-13/h12-13H,3-11H2,1-2H3,(H,17,22)/t12-/m0/s1. The summed E-state index contributed by atoms with van der Waals surface area (Å²) < 4.78 is 5.34. The molecule has 2 fully saturated rings. The minimum absolute atomic E-state index is 0.124. The average Bonchev–Trinajstić information content (AvgIpc) is 3.29. The average molecular weight is 321 g/mol. The normalized spacial score (nSPS) is 21.3. The topological polar surface area (TPSA) is 74.5 Å². The summed E-state index contributed by atoms with van der Waals surface area (Å²) in [6, 6.07) is 0.252. The van der Waals surface area contributed by atoms with Gasteiger partial charge in [-0.25, -0.2) is 0 Å². The van der Waals surface area contributed by atoms with Crippen LogP contribution < -0.4 is 5.32 Å². The van der Waals surface area contributed by atoms with Crippen molar-refractivity contribution in [1.82, 2.24) is 25.3 Å². The van der Waals surface area contributed by atoms with E-state index in [1.54, 1.807) is 0 Å². The Balaban J connectivity index is 1.38. The summed E-state index contributed by atoms with van der Waals surface area (Å²) in [7, 11) is 0. The van der Waals surface area contributed by atoms with E-state index in [-0.39, 0.29) is 11.9 Å². The fraction of sp³-hybridized carbons (Fsp3) is 0.812. The van der Waals surface area contributed by atoms with E-state index < -0.39 is 0 Å². The van der Waals surface area contributed by atoms with Crippen LogP contribution in [0.2, 0.25) is 0 Å². The van der Waals surface area contributed by atoms with Crippen LogP contribution in [-0.4, -0.2) is 64.6 Å². The van der Waals surface area contributed by atoms with E-state index >= 15 is 0 Å². The second-order valence-electron chi connectivity index (χ2n) is 6.75. The van der Waals surface area contributed by atoms with Gasteiger partial charge in [-0.3, -0.25) is 14.6 Å². The van der Waals surface area contributed by atoms with Crippen molar-refractivity contribution >= 4 is 5.91 Å². The lowest BCUT2D eigenvalue weighted by molar-refractivity contribution is -0.123. The molecule has 1 aliphatic heterocycles. The number of aromatic nitrogens is 2. The van der Waals surface area contributed by atoms with Gasteiger partial charge in [-0.15, -0.1) is 0 Å². The van der Waals surface area contributed by atoms with E-state index in [0.717, 1.165) is 44.3 Å². The number of carbonyl (C=O) groups excluding carboxylic acids is 1. The molecule has 1 N–H and O–H groups in total. The maximum atomic E-state index is 11.9. The molecule has 2 heterocycles. The van der Waals surface area contributed by atoms with Gasteiger partial charge in [-0.2, -0.15) is 4.98 Å². The Hall–Kier alpha value is -1.47. The van der Waals surface area contributed by atoms with Gasteiger partial charge < -0.3 is 9.84 Å². The molecule has 1 aromatic rings. The summed E-state index contributed by atoms with van der Waals surface area (Å²) >= 11 is 0. The van der Waals surface area contributed by atoms with Crippen molar-refractivity contribution in [3.05, 3.63) is 11.7 Å². The van der Waals surface area contributed by atoms with Gasteiger partial charge in [0.2, 0.25) is 11.8 Å². The summed E-state index contributed by atoms with van der Waals surface area (Å²) in [5, 5.41) is 7.08. The van der Waals surface area contributed by atoms with Crippen molar-refractivity contribution < 1.29 is 9.32 Å². The highest BCUT2D eigenvalue weighted by atomic mass is 16.5. The van der Waals surface area contributed by atoms with Crippen LogP contribution in [0.15, 0.2) is 4.52 Å². The number of hydrogen-bond acceptors (Lipinski definition) is 6. The predicted molar refractivity (Wildman–Crippen MR) is 85.9 cm³/mol. The molecule has 0 unspecified atom stereocenters. The predicted octanol–water partition coefficient (Wildman–Crippen LogP) is 0.979. The van der Waals surface area contributed by atoms with Crippen LogP contribution in [0.1, 0.15) is 50.7 Å². The van der Waals surface area contributed by atoms with Crippen molar-refractivity contribution in [3.8, 4) is 0 Å². The molecule has 0 aromatic carbocycles. The fourth-order valence-electron chi connectivity index (χ4n) is 2.76. The molecule has 7 nitrogen and oxygen atoms in total. The Morgan fingerprint density at radius 1 is 1.30 bits per heavy atom. The summed E-state index contributed by atoms with van der Waals surface area (Å²) in [6.07, 6.45) is 3.35. The lowest BCUT2D eigenvalue weighted by Crippen LogP contribution is -2.49. The van der Waals surface area contributed by atoms with E-state index in [2.05, 4.69) is 32.2 Å². The molecule has 0 bridgehead atoms. The maximum Gasteiger partial charge on any atom is 0.240 e. The molecule has 128 valence electrons. The van der Waals surface area contributed by atoms with Gasteiger partial charge in [0.25, 0.3) is 0 Å². The lowest BCUT2D eigenvalue weighted by Gasteiger charge is -2.33. The van der Waals surface area contributed by atoms with E-state index in [0.29, 0.717) is 19.0 Å². The van der Waals surface area contributed by atoms with Gasteiger partial charge in [-0.1, -0.05) is 12.1 Å². The van der Waals surface area contributed by atoms with Crippen molar-refractivity contribution in [2.45, 2.75) is 51.6 Å². The summed E-state index contributed by atoms with van der Waals surface area (Å²) in [6.45, 7) is 8.98. The number of carbonyl (C=O) groups is 1. The van der Waals surface area contributed by atoms with Gasteiger partial charge in [0.05, 0.1) is 13.1 Å². The Bertz CT molecular complexity index is 520. The molecule has 2 aliphatic rings. The second kappa shape index (κ2) is 7.40. The monoisotopic (exact) mass is 321 g/mol. The third-order valence-electron chi connectivity index (χ3n) is 4.64. The molecule has 0 spiro atoms. The van der Waals surface area contributed by atoms with Crippen LogP contribution in [-0.2, 0) is 11.3 Å². The molecule has 1 saturated carbocycles. The fourth-order valence-corrected chi connectivity index (χ4v) is 2.76. The quantitative estimate of drug-likeness (QED) is 0.807. The Kier molecular flexibility index (Phi) is 5.27. The Morgan fingerprint density at radius 3 is 2.65 bits per heavy atom. The SMILES string of the molecule is CC[C@H](C)NC(=O)CN1CCN(Cc2nc(C3CC3)no2)CC1. The van der Waals surface area contributed by atoms with Gasteiger partial charge >= 0.3 is 0 Å². The first kappa shape index (κ1) is 16.4. The van der Waals surface area contributed by atoms with Crippen molar-refractivity contribution in [2.24, 2.45) is 0 Å². The van der Waals surface area contributed by atoms with Crippen molar-refractivity contribution in [2.75, 3.05) is 32.7 Å². The molecular weight excluding hydrogens is 294 g/mol. The van der Waals surface area contributed by atoms with E-state index in [1.807, 2.05) is 6.92 Å². The van der Waals surface area contributed by atoms with Crippen LogP contribution in [0.3, 0.4) is 0 Å². The first-order valence-corrected chi connectivity index (χ1v) is 8.70. The molecule has 1 saturated heterocycles. The summed E-state index contributed by atoms with van der Waals surface area (Å²) in [5.41, 5.74) is 0. The first-order chi connectivity index (χ1) is 11.1. The van der Waals surface area contributed by atoms with E-state index in [1.165, 1.54) is 12.8 Å². The molecular formula is C16H27N5O2. The Morgan fingerprint density at radius 2 is 2.00 bits per heavy atom. The molecule has 1 amide bonds. The zero-order chi connectivity index (χ0) is 16.2. The van der Waals surface area contributed by atoms with Gasteiger partial charge in [0, 0.05) is 38.1 Å². The first-order valence-electron chi connectivity index (χ1n) is 8.70. The zero-order valence-corrected chi connectivity index (χ0v) is 14.1. The zero-order valence-electron chi connectivity index (χ0n) is 14.1. The molecule has 7 heteroatoms. The van der Waals surface area contributed by atoms with Crippen LogP contribution in [0.4, 0.5) is 0 Å². The third-order valence-corrected chi connectivity index (χ3v) is 4.64. The second-order valence-corrected chi connectivity index (χ2v) is 6.75. The number of amides is 1. The smallest absolute Gasteiger partial charge is 0.240 e. The van der Waals surface area contributed by atoms with Crippen LogP contribution in [0.25, 0.3) is 0 Å². The minimum atomic E-state index is 0.124. The number of piperazine rings is 1. The van der Waals surface area contributed by atoms with Gasteiger partial charge in [-0.05, 0) is 26.2 Å². The van der Waals surface area contributed by atoms with Crippen LogP contribution in [0, 0.1) is 0 Å². The molecule has 23 heavy (non-hydrogen) atoms. The largest absolute Gasteiger partial charge is 0.353 e. The van der Waals surface area contributed by atoms with E-state index in [9.17, 15) is 4.79 Å². The molecule has 0 radical (unpaired) electrons. The van der Waals surface area contributed by atoms with Crippen LogP contribution in [0.5, 0.6) is 0 Å². The minimum Gasteiger partial charge on any atom is -0.353 e. The molecule has 1 aliphatic carbocycles. The highest BCUT2D eigenvalue weighted by Crippen LogP contribution is 2.38. The molecule has 1 atom stereocenters. The van der Waals surface area contributed by atoms with Crippen molar-refractivity contribution in [1.29, 1.82) is 0 Å². The summed E-state index contributed by atoms with van der Waals surface area (Å²) in [4.78, 5) is 20.9. The lowest BCUT2D eigenvalue weighted by atomic mass is 10.2. The number of nitrogens with zero attached hydrogens (tertiary/aromatic N) is 4. The highest BCUT2D eigenvalue weighted by Gasteiger charge is 2.29. The Labute approximate surface area is 137 Å². The number of rotatable bonds is 7. The maximum absolute atomic E-state index is 11.9. The van der Waals surface area contributed by atoms with Crippen molar-refractivity contribution in [3.63, 3.8) is 0 Å². The molecule has 1 aromatic heterocycles. The summed E-state index contributed by atoms with van der Waals surface area (Å²) in [5.74, 6) is 2.25.